The molecule has 0 spiro atoms. The molecule has 3 saturated carbocycles. The van der Waals surface area contributed by atoms with Gasteiger partial charge in [-0.05, 0) is 66.7 Å². The van der Waals surface area contributed by atoms with Crippen LogP contribution < -0.4 is 44.4 Å². The maximum atomic E-state index is 12.6. The van der Waals surface area contributed by atoms with Crippen LogP contribution in [0.15, 0.2) is 186 Å². The molecule has 6 aliphatic rings. The first-order valence-corrected chi connectivity index (χ1v) is 34.2. The zero-order chi connectivity index (χ0) is 73.0. The number of nitrogens with zero attached hydrogens (tertiary/aromatic N) is 7. The highest BCUT2D eigenvalue weighted by Gasteiger charge is 2.80. The van der Waals surface area contributed by atoms with Crippen molar-refractivity contribution in [1.29, 1.82) is 0 Å². The van der Waals surface area contributed by atoms with E-state index in [1.807, 2.05) is 122 Å². The molecular formula is C80H76BrClN10O12. The van der Waals surface area contributed by atoms with Gasteiger partial charge in [-0.1, -0.05) is 210 Å². The molecule has 104 heavy (non-hydrogen) atoms. The predicted molar refractivity (Wildman–Crippen MR) is 393 cm³/mol. The number of halogens is 2. The molecule has 0 unspecified atom stereocenters. The highest BCUT2D eigenvalue weighted by Crippen LogP contribution is 2.73. The Labute approximate surface area is 616 Å². The number of fused-ring (bicyclic) bond motifs is 9. The second-order valence-electron chi connectivity index (χ2n) is 26.1. The van der Waals surface area contributed by atoms with Crippen molar-refractivity contribution in [1.82, 2.24) is 30.9 Å². The summed E-state index contributed by atoms with van der Waals surface area (Å²) in [5.74, 6) is -1.54. The lowest BCUT2D eigenvalue weighted by molar-refractivity contribution is -0.152. The van der Waals surface area contributed by atoms with Gasteiger partial charge in [0.05, 0.1) is 58.3 Å². The second kappa shape index (κ2) is 28.9. The molecule has 24 heteroatoms. The summed E-state index contributed by atoms with van der Waals surface area (Å²) in [6.07, 6.45) is -3.72. The van der Waals surface area contributed by atoms with Crippen molar-refractivity contribution in [3.63, 3.8) is 0 Å². The Kier molecular flexibility index (Phi) is 20.5. The van der Waals surface area contributed by atoms with Gasteiger partial charge in [-0.15, -0.1) is 0 Å². The Morgan fingerprint density at radius 2 is 0.731 bits per heavy atom. The first-order valence-electron chi connectivity index (χ1n) is 33.1. The van der Waals surface area contributed by atoms with Crippen molar-refractivity contribution in [2.24, 2.45) is 17.8 Å². The van der Waals surface area contributed by atoms with Crippen molar-refractivity contribution in [3.8, 4) is 34.9 Å². The number of rotatable bonds is 15. The lowest BCUT2D eigenvalue weighted by atomic mass is 9.71. The molecule has 0 bridgehead atoms. The molecule has 9 N–H and O–H groups in total. The average molecular weight is 1480 g/mol. The van der Waals surface area contributed by atoms with Gasteiger partial charge >= 0.3 is 11.8 Å². The van der Waals surface area contributed by atoms with E-state index in [1.54, 1.807) is 68.7 Å². The van der Waals surface area contributed by atoms with Gasteiger partial charge in [0, 0.05) is 77.8 Å². The van der Waals surface area contributed by atoms with Crippen molar-refractivity contribution in [2.75, 3.05) is 62.1 Å². The van der Waals surface area contributed by atoms with Gasteiger partial charge in [0.15, 0.2) is 45.0 Å². The average Bonchev–Trinajstić information content (AvgIpc) is 1.51. The van der Waals surface area contributed by atoms with Crippen LogP contribution in [-0.4, -0.2) is 126 Å². The van der Waals surface area contributed by atoms with Gasteiger partial charge < -0.3 is 84.7 Å². The zero-order valence-corrected chi connectivity index (χ0v) is 59.0. The smallest absolute Gasteiger partial charge is 0.319 e. The third-order valence-corrected chi connectivity index (χ3v) is 22.0. The maximum Gasteiger partial charge on any atom is 0.319 e. The van der Waals surface area contributed by atoms with Gasteiger partial charge in [0.1, 0.15) is 33.5 Å². The van der Waals surface area contributed by atoms with Crippen LogP contribution >= 0.6 is 27.5 Å². The van der Waals surface area contributed by atoms with Gasteiger partial charge in [0.2, 0.25) is 5.88 Å². The van der Waals surface area contributed by atoms with Gasteiger partial charge in [-0.25, -0.2) is 14.7 Å². The Bertz CT molecular complexity index is 4630. The topological polar surface area (TPSA) is 269 Å². The van der Waals surface area contributed by atoms with E-state index in [-0.39, 0.29) is 70.4 Å². The third kappa shape index (κ3) is 10.8. The molecule has 9 aromatic rings. The van der Waals surface area contributed by atoms with Crippen LogP contribution in [0.5, 0.6) is 34.9 Å². The van der Waals surface area contributed by atoms with Crippen LogP contribution in [0.4, 0.5) is 23.0 Å². The molecule has 0 amide bonds. The summed E-state index contributed by atoms with van der Waals surface area (Å²) < 4.78 is 37.6. The summed E-state index contributed by atoms with van der Waals surface area (Å²) in [7, 11) is 9.70. The molecule has 0 saturated heterocycles. The molecular weight excluding hydrogens is 1410 g/mol. The fourth-order valence-corrected chi connectivity index (χ4v) is 17.9. The highest BCUT2D eigenvalue weighted by molar-refractivity contribution is 9.10. The third-order valence-electron chi connectivity index (χ3n) is 21.3. The molecule has 15 rings (SSSR count). The van der Waals surface area contributed by atoms with Crippen molar-refractivity contribution in [2.45, 2.75) is 77.1 Å². The van der Waals surface area contributed by atoms with Crippen LogP contribution in [0.3, 0.4) is 0 Å². The van der Waals surface area contributed by atoms with E-state index in [9.17, 15) is 30.6 Å². The Morgan fingerprint density at radius 3 is 1.01 bits per heavy atom. The van der Waals surface area contributed by atoms with Crippen molar-refractivity contribution in [3.05, 3.63) is 287 Å². The normalized spacial score (nSPS) is 28.6. The minimum absolute atomic E-state index is 0. The SMILES string of the molecule is C.CNC[C@H]1[C@@H](O)[C@@]2(O)c3c(cc(Cl)nc3OC)O[C@@]2(c2ccc(Br)cc2)[C@@H]1c1ccccc1.[C-]#[N+]c1ccc([C@@]23Oc4cc([N+]#[C-])nc(OC)c4[C@]2(O)[C@H](O)[C@H](CNC)[C@H]3c2ccccc2)cc1.[C-]#[N+]c1ccc([C@@]23Oc4cc([N+]#[C-])nc(OC)c4[C@]2(O)[C@H](O)[C@H](CNC)[C@H]3c2ccccc2)cc1. The maximum absolute atomic E-state index is 12.6. The summed E-state index contributed by atoms with van der Waals surface area (Å²) in [5.41, 5.74) is -3.80. The molecule has 22 nitrogen and oxygen atoms in total. The number of nitrogens with one attached hydrogen (secondary N) is 3. The number of benzene rings is 6. The Hall–Kier alpha value is -10.1. The van der Waals surface area contributed by atoms with Crippen LogP contribution in [0.2, 0.25) is 5.15 Å². The monoisotopic (exact) mass is 1480 g/mol. The summed E-state index contributed by atoms with van der Waals surface area (Å²) in [6.45, 7) is 30.9. The number of ether oxygens (including phenoxy) is 6. The molecule has 15 atom stereocenters. The summed E-state index contributed by atoms with van der Waals surface area (Å²) >= 11 is 9.76. The number of pyridine rings is 3. The largest absolute Gasteiger partial charge is 0.481 e. The number of aliphatic hydroxyl groups excluding tert-OH is 3. The molecule has 3 aliphatic carbocycles. The first-order chi connectivity index (χ1) is 49.8. The van der Waals surface area contributed by atoms with E-state index in [1.165, 1.54) is 33.5 Å². The van der Waals surface area contributed by atoms with E-state index in [0.717, 1.165) is 26.7 Å². The van der Waals surface area contributed by atoms with E-state index in [0.29, 0.717) is 53.4 Å². The van der Waals surface area contributed by atoms with Gasteiger partial charge in [-0.2, -0.15) is 0 Å². The minimum Gasteiger partial charge on any atom is -0.481 e. The quantitative estimate of drug-likeness (QED) is 0.0341. The van der Waals surface area contributed by atoms with Gasteiger partial charge in [-0.3, -0.25) is 0 Å². The fraction of sp³-hybridized carbons (Fsp3) is 0.312. The molecule has 6 aromatic carbocycles. The van der Waals surface area contributed by atoms with Crippen LogP contribution in [0.25, 0.3) is 19.4 Å². The number of hydrogen-bond acceptors (Lipinski definition) is 18. The van der Waals surface area contributed by atoms with Gasteiger partial charge in [0.25, 0.3) is 11.6 Å². The van der Waals surface area contributed by atoms with E-state index in [2.05, 4.69) is 66.2 Å². The number of aliphatic hydroxyl groups is 6. The summed E-state index contributed by atoms with van der Waals surface area (Å²) in [4.78, 5) is 26.6. The fourth-order valence-electron chi connectivity index (χ4n) is 17.5. The first kappa shape index (κ1) is 73.7. The van der Waals surface area contributed by atoms with Crippen LogP contribution in [0.1, 0.15) is 75.3 Å². The summed E-state index contributed by atoms with van der Waals surface area (Å²) in [6, 6.07) is 54.9. The summed E-state index contributed by atoms with van der Waals surface area (Å²) in [5, 5.41) is 83.0. The van der Waals surface area contributed by atoms with Crippen LogP contribution in [-0.2, 0) is 33.6 Å². The molecule has 3 aromatic heterocycles. The lowest BCUT2D eigenvalue weighted by Crippen LogP contribution is -2.52. The number of hydrogen-bond donors (Lipinski definition) is 9. The second-order valence-corrected chi connectivity index (χ2v) is 27.4. The standard InChI is InChI=1S/2C27H24N4O4.C25H24BrClN2O4.CH4/c2*1-28-15-19-22(16-8-6-5-7-9-16)27(17-10-12-18(29-2)13-11-17)26(33,24(19)32)23-20(35-27)14-21(30-3)31-25(23)34-4;1-28-13-17-20(14-6-4-3-5-7-14)25(15-8-10-16(26)11-9-15)24(31,22(17)30)21-18(33-25)12-19(27)29-23(21)32-2;/h2*5-14,19,22,24,28,32-33H,15H2,1,4H3;3-12,17,20,22,28,30-31H,13H2,1-2H3;1H4/t2*19-,22-,24-,26+,27+;17-,20-,22-,24+,25+;/m111./s1. The van der Waals surface area contributed by atoms with E-state index < -0.39 is 81.5 Å². The molecule has 0 radical (unpaired) electrons. The number of methoxy groups -OCH3 is 3. The Balaban J connectivity index is 0.000000146. The minimum atomic E-state index is -1.96. The zero-order valence-electron chi connectivity index (χ0n) is 56.7. The molecule has 3 fully saturated rings. The van der Waals surface area contributed by atoms with E-state index in [4.69, 9.17) is 66.3 Å². The molecule has 6 heterocycles. The molecule has 532 valence electrons. The van der Waals surface area contributed by atoms with Crippen molar-refractivity contribution < 1.29 is 59.1 Å². The Morgan fingerprint density at radius 1 is 0.442 bits per heavy atom. The highest BCUT2D eigenvalue weighted by atomic mass is 79.9. The lowest BCUT2D eigenvalue weighted by Gasteiger charge is -2.41. The predicted octanol–water partition coefficient (Wildman–Crippen LogP) is 11.9. The number of aromatic nitrogens is 3. The van der Waals surface area contributed by atoms with E-state index >= 15 is 0 Å². The van der Waals surface area contributed by atoms with Crippen LogP contribution in [0, 0.1) is 44.0 Å². The van der Waals surface area contributed by atoms with Crippen molar-refractivity contribution >= 4 is 50.5 Å². The molecule has 3 aliphatic heterocycles.